The third kappa shape index (κ3) is 4.07. The molecule has 1 aromatic rings. The molecule has 0 spiro atoms. The van der Waals surface area contributed by atoms with E-state index in [1.807, 2.05) is 0 Å². The molecule has 2 rings (SSSR count). The van der Waals surface area contributed by atoms with E-state index in [4.69, 9.17) is 4.74 Å². The van der Waals surface area contributed by atoms with Gasteiger partial charge in [-0.1, -0.05) is 6.58 Å². The number of carbonyl (C=O) groups excluding carboxylic acids is 2. The summed E-state index contributed by atoms with van der Waals surface area (Å²) in [6.07, 6.45) is -6.30. The van der Waals surface area contributed by atoms with Crippen LogP contribution >= 0.6 is 0 Å². The van der Waals surface area contributed by atoms with Gasteiger partial charge in [0, 0.05) is 17.8 Å². The van der Waals surface area contributed by atoms with Crippen molar-refractivity contribution in [2.75, 3.05) is 11.9 Å². The van der Waals surface area contributed by atoms with Crippen molar-refractivity contribution in [3.05, 3.63) is 42.5 Å². The van der Waals surface area contributed by atoms with Gasteiger partial charge in [-0.05, 0) is 51.1 Å². The zero-order valence-corrected chi connectivity index (χ0v) is 14.8. The predicted octanol–water partition coefficient (Wildman–Crippen LogP) is 3.38. The van der Waals surface area contributed by atoms with Crippen LogP contribution < -0.4 is 5.32 Å². The van der Waals surface area contributed by atoms with Gasteiger partial charge in [-0.2, -0.15) is 13.2 Å². The van der Waals surface area contributed by atoms with Crippen molar-refractivity contribution in [2.24, 2.45) is 0 Å². The molecule has 8 heteroatoms. The number of nitrogens with one attached hydrogen (secondary N) is 1. The molecule has 0 aromatic heterocycles. The van der Waals surface area contributed by atoms with Crippen LogP contribution in [0.4, 0.5) is 18.9 Å². The van der Waals surface area contributed by atoms with Crippen molar-refractivity contribution < 1.29 is 27.5 Å². The maximum absolute atomic E-state index is 13.3. The van der Waals surface area contributed by atoms with Crippen molar-refractivity contribution in [3.63, 3.8) is 0 Å². The van der Waals surface area contributed by atoms with Crippen LogP contribution in [0.2, 0.25) is 0 Å². The number of halogens is 3. The van der Waals surface area contributed by atoms with E-state index in [-0.39, 0.29) is 12.1 Å². The molecular weight excluding hydrogens is 349 g/mol. The van der Waals surface area contributed by atoms with Crippen molar-refractivity contribution in [1.82, 2.24) is 4.90 Å². The number of amides is 2. The number of anilines is 1. The van der Waals surface area contributed by atoms with Crippen molar-refractivity contribution in [2.45, 2.75) is 44.7 Å². The Balaban J connectivity index is 2.26. The molecular formula is C18H21F3N2O3. The first kappa shape index (κ1) is 20.0. The lowest BCUT2D eigenvalue weighted by molar-refractivity contribution is -0.279. The number of morpholine rings is 1. The molecule has 5 nitrogen and oxygen atoms in total. The lowest BCUT2D eigenvalue weighted by Crippen LogP contribution is -2.66. The smallest absolute Gasteiger partial charge is 0.362 e. The highest BCUT2D eigenvalue weighted by molar-refractivity contribution is 6.00. The van der Waals surface area contributed by atoms with E-state index < -0.39 is 35.7 Å². The van der Waals surface area contributed by atoms with Gasteiger partial charge in [0.15, 0.2) is 6.10 Å². The van der Waals surface area contributed by atoms with Crippen molar-refractivity contribution >= 4 is 17.5 Å². The monoisotopic (exact) mass is 370 g/mol. The maximum atomic E-state index is 13.3. The van der Waals surface area contributed by atoms with E-state index in [1.165, 1.54) is 49.9 Å². The molecule has 1 heterocycles. The molecule has 1 aromatic carbocycles. The highest BCUT2D eigenvalue weighted by Crippen LogP contribution is 2.39. The molecule has 0 bridgehead atoms. The van der Waals surface area contributed by atoms with Crippen LogP contribution in [0.25, 0.3) is 0 Å². The molecule has 2 unspecified atom stereocenters. The third-order valence-electron chi connectivity index (χ3n) is 4.27. The first-order valence-electron chi connectivity index (χ1n) is 8.04. The van der Waals surface area contributed by atoms with E-state index in [0.29, 0.717) is 5.69 Å². The quantitative estimate of drug-likeness (QED) is 0.830. The number of rotatable bonds is 3. The second-order valence-electron chi connectivity index (χ2n) is 6.71. The van der Waals surface area contributed by atoms with Gasteiger partial charge < -0.3 is 15.0 Å². The van der Waals surface area contributed by atoms with Gasteiger partial charge in [-0.25, -0.2) is 0 Å². The average molecular weight is 370 g/mol. The number of benzene rings is 1. The number of alkyl halides is 3. The van der Waals surface area contributed by atoms with Crippen LogP contribution in [0, 0.1) is 0 Å². The Labute approximate surface area is 149 Å². The summed E-state index contributed by atoms with van der Waals surface area (Å²) < 4.78 is 45.1. The topological polar surface area (TPSA) is 58.6 Å². The van der Waals surface area contributed by atoms with Gasteiger partial charge >= 0.3 is 6.18 Å². The molecule has 1 saturated heterocycles. The summed E-state index contributed by atoms with van der Waals surface area (Å²) in [6.45, 7) is 7.57. The zero-order chi connectivity index (χ0) is 19.7. The Morgan fingerprint density at radius 2 is 1.88 bits per heavy atom. The number of hydrogen-bond acceptors (Lipinski definition) is 3. The van der Waals surface area contributed by atoms with Gasteiger partial charge in [0.05, 0.1) is 11.6 Å². The van der Waals surface area contributed by atoms with Crippen LogP contribution in [0.15, 0.2) is 36.9 Å². The normalized spacial score (nSPS) is 22.6. The Bertz CT molecular complexity index is 699. The predicted molar refractivity (Wildman–Crippen MR) is 90.8 cm³/mol. The van der Waals surface area contributed by atoms with E-state index in [0.717, 1.165) is 6.08 Å². The summed E-state index contributed by atoms with van der Waals surface area (Å²) in [5.41, 5.74) is -0.878. The maximum Gasteiger partial charge on any atom is 0.416 e. The molecule has 1 aliphatic rings. The molecule has 0 aliphatic carbocycles. The molecule has 1 fully saturated rings. The standard InChI is InChI=1S/C18H21F3N2O3/c1-5-14(24)22-13-8-6-12(7-9-13)15(25)23-10-11(2)26-16(17(23,3)4)18(19,20)21/h5-9,11,16H,1,10H2,2-4H3,(H,22,24). The largest absolute Gasteiger partial charge is 0.416 e. The highest BCUT2D eigenvalue weighted by atomic mass is 19.4. The van der Waals surface area contributed by atoms with Crippen LogP contribution in [0.5, 0.6) is 0 Å². The average Bonchev–Trinajstić information content (AvgIpc) is 2.55. The fourth-order valence-corrected chi connectivity index (χ4v) is 2.94. The second-order valence-corrected chi connectivity index (χ2v) is 6.71. The Morgan fingerprint density at radius 1 is 1.31 bits per heavy atom. The van der Waals surface area contributed by atoms with Crippen LogP contribution in [-0.4, -0.2) is 47.2 Å². The first-order valence-corrected chi connectivity index (χ1v) is 8.04. The van der Waals surface area contributed by atoms with E-state index in [1.54, 1.807) is 0 Å². The van der Waals surface area contributed by atoms with Gasteiger partial charge in [-0.3, -0.25) is 9.59 Å². The minimum atomic E-state index is -4.59. The molecule has 1 N–H and O–H groups in total. The second kappa shape index (κ2) is 7.11. The van der Waals surface area contributed by atoms with E-state index in [9.17, 15) is 22.8 Å². The van der Waals surface area contributed by atoms with Crippen LogP contribution in [0.1, 0.15) is 31.1 Å². The summed E-state index contributed by atoms with van der Waals surface area (Å²) >= 11 is 0. The Kier molecular flexibility index (Phi) is 5.46. The number of nitrogens with zero attached hydrogens (tertiary/aromatic N) is 1. The summed E-state index contributed by atoms with van der Waals surface area (Å²) in [6, 6.07) is 5.93. The van der Waals surface area contributed by atoms with Crippen LogP contribution in [0.3, 0.4) is 0 Å². The summed E-state index contributed by atoms with van der Waals surface area (Å²) in [7, 11) is 0. The molecule has 0 saturated carbocycles. The van der Waals surface area contributed by atoms with Gasteiger partial charge in [0.1, 0.15) is 0 Å². The minimum absolute atomic E-state index is 0.0490. The van der Waals surface area contributed by atoms with E-state index >= 15 is 0 Å². The lowest BCUT2D eigenvalue weighted by Gasteiger charge is -2.50. The highest BCUT2D eigenvalue weighted by Gasteiger charge is 2.57. The third-order valence-corrected chi connectivity index (χ3v) is 4.27. The fraction of sp³-hybridized carbons (Fsp3) is 0.444. The summed E-state index contributed by atoms with van der Waals surface area (Å²) in [5, 5.41) is 2.54. The molecule has 2 amide bonds. The molecule has 2 atom stereocenters. The molecule has 0 radical (unpaired) electrons. The fourth-order valence-electron chi connectivity index (χ4n) is 2.94. The zero-order valence-electron chi connectivity index (χ0n) is 14.8. The van der Waals surface area contributed by atoms with Crippen molar-refractivity contribution in [1.29, 1.82) is 0 Å². The first-order chi connectivity index (χ1) is 12.0. The Morgan fingerprint density at radius 3 is 2.38 bits per heavy atom. The molecule has 142 valence electrons. The Hall–Kier alpha value is -2.35. The molecule has 1 aliphatic heterocycles. The number of carbonyl (C=O) groups is 2. The minimum Gasteiger partial charge on any atom is -0.362 e. The van der Waals surface area contributed by atoms with Gasteiger partial charge in [-0.15, -0.1) is 0 Å². The lowest BCUT2D eigenvalue weighted by atomic mass is 9.90. The number of hydrogen-bond donors (Lipinski definition) is 1. The van der Waals surface area contributed by atoms with Gasteiger partial charge in [0.25, 0.3) is 5.91 Å². The molecule has 26 heavy (non-hydrogen) atoms. The van der Waals surface area contributed by atoms with Crippen molar-refractivity contribution in [3.8, 4) is 0 Å². The van der Waals surface area contributed by atoms with E-state index in [2.05, 4.69) is 11.9 Å². The van der Waals surface area contributed by atoms with Gasteiger partial charge in [0.2, 0.25) is 5.91 Å². The summed E-state index contributed by atoms with van der Waals surface area (Å²) in [4.78, 5) is 25.3. The number of ether oxygens (including phenoxy) is 1. The van der Waals surface area contributed by atoms with Crippen LogP contribution in [-0.2, 0) is 9.53 Å². The summed E-state index contributed by atoms with van der Waals surface area (Å²) in [5.74, 6) is -0.929. The SMILES string of the molecule is C=CC(=O)Nc1ccc(C(=O)N2CC(C)OC(C(F)(F)F)C2(C)C)cc1.